The molecule has 0 heterocycles. The molecule has 0 aliphatic rings. The maximum atomic E-state index is 14.4. The summed E-state index contributed by atoms with van der Waals surface area (Å²) >= 11 is 0. The molecule has 0 aliphatic heterocycles. The summed E-state index contributed by atoms with van der Waals surface area (Å²) in [5.74, 6) is -1.70. The molecule has 1 rings (SSSR count). The zero-order valence-corrected chi connectivity index (χ0v) is 9.49. The molecule has 16 heavy (non-hydrogen) atoms. The van der Waals surface area contributed by atoms with Gasteiger partial charge in [-0.2, -0.15) is 0 Å². The Labute approximate surface area is 93.5 Å². The van der Waals surface area contributed by atoms with E-state index in [1.54, 1.807) is 6.92 Å². The van der Waals surface area contributed by atoms with Crippen molar-refractivity contribution in [3.05, 3.63) is 34.9 Å². The molecule has 0 bridgehead atoms. The van der Waals surface area contributed by atoms with Crippen LogP contribution in [0.25, 0.3) is 0 Å². The maximum Gasteiger partial charge on any atom is 0.153 e. The number of halogens is 3. The molecule has 4 heteroatoms. The van der Waals surface area contributed by atoms with Crippen molar-refractivity contribution in [2.24, 2.45) is 5.73 Å². The van der Waals surface area contributed by atoms with Gasteiger partial charge in [0.25, 0.3) is 0 Å². The van der Waals surface area contributed by atoms with Crippen LogP contribution in [0.2, 0.25) is 0 Å². The normalized spacial score (nSPS) is 14.9. The molecule has 0 aromatic heterocycles. The van der Waals surface area contributed by atoms with Gasteiger partial charge in [0.15, 0.2) is 5.67 Å². The highest BCUT2D eigenvalue weighted by atomic mass is 19.2. The Bertz CT molecular complexity index is 379. The lowest BCUT2D eigenvalue weighted by Gasteiger charge is -2.25. The van der Waals surface area contributed by atoms with Gasteiger partial charge in [0, 0.05) is 6.54 Å². The van der Waals surface area contributed by atoms with Gasteiger partial charge in [-0.05, 0) is 25.0 Å². The highest BCUT2D eigenvalue weighted by molar-refractivity contribution is 5.31. The summed E-state index contributed by atoms with van der Waals surface area (Å²) in [5.41, 5.74) is 2.88. The van der Waals surface area contributed by atoms with Gasteiger partial charge in [0.2, 0.25) is 0 Å². The molecule has 1 aromatic rings. The van der Waals surface area contributed by atoms with Gasteiger partial charge in [0.05, 0.1) is 5.56 Å². The fourth-order valence-electron chi connectivity index (χ4n) is 1.79. The molecule has 0 spiro atoms. The summed E-state index contributed by atoms with van der Waals surface area (Å²) in [7, 11) is 0. The average Bonchev–Trinajstić information content (AvgIpc) is 2.24. The van der Waals surface area contributed by atoms with Gasteiger partial charge in [-0.3, -0.25) is 0 Å². The standard InChI is InChI=1S/C12H16F3N/c1-3-6-12(15,7-16)10-9(13)5-4-8(2)11(10)14/h4-5H,3,6-7,16H2,1-2H3. The summed E-state index contributed by atoms with van der Waals surface area (Å²) in [6, 6.07) is 2.37. The van der Waals surface area contributed by atoms with Crippen LogP contribution < -0.4 is 5.73 Å². The highest BCUT2D eigenvalue weighted by Gasteiger charge is 2.35. The van der Waals surface area contributed by atoms with E-state index < -0.39 is 29.4 Å². The van der Waals surface area contributed by atoms with Crippen LogP contribution in [0.4, 0.5) is 13.2 Å². The van der Waals surface area contributed by atoms with Gasteiger partial charge < -0.3 is 5.73 Å². The van der Waals surface area contributed by atoms with E-state index in [0.717, 1.165) is 6.07 Å². The third-order valence-electron chi connectivity index (χ3n) is 2.70. The molecule has 1 nitrogen and oxygen atoms in total. The van der Waals surface area contributed by atoms with E-state index in [-0.39, 0.29) is 12.0 Å². The van der Waals surface area contributed by atoms with Crippen LogP contribution in [0, 0.1) is 18.6 Å². The zero-order chi connectivity index (χ0) is 12.3. The van der Waals surface area contributed by atoms with Gasteiger partial charge in [0.1, 0.15) is 11.6 Å². The first-order valence-corrected chi connectivity index (χ1v) is 5.30. The van der Waals surface area contributed by atoms with Crippen molar-refractivity contribution in [3.8, 4) is 0 Å². The first-order valence-electron chi connectivity index (χ1n) is 5.30. The summed E-state index contributed by atoms with van der Waals surface area (Å²) in [6.45, 7) is 2.80. The molecule has 0 amide bonds. The van der Waals surface area contributed by atoms with Crippen LogP contribution in [0.1, 0.15) is 30.9 Å². The lowest BCUT2D eigenvalue weighted by molar-refractivity contribution is 0.147. The molecule has 0 radical (unpaired) electrons. The number of rotatable bonds is 4. The largest absolute Gasteiger partial charge is 0.327 e. The summed E-state index contributed by atoms with van der Waals surface area (Å²) < 4.78 is 41.6. The second-order valence-corrected chi connectivity index (χ2v) is 3.97. The monoisotopic (exact) mass is 231 g/mol. The second kappa shape index (κ2) is 4.87. The van der Waals surface area contributed by atoms with E-state index in [0.29, 0.717) is 6.42 Å². The first kappa shape index (κ1) is 13.0. The first-order chi connectivity index (χ1) is 7.46. The number of nitrogens with two attached hydrogens (primary N) is 1. The minimum absolute atomic E-state index is 0.0147. The van der Waals surface area contributed by atoms with E-state index in [1.165, 1.54) is 13.0 Å². The van der Waals surface area contributed by atoms with Crippen molar-refractivity contribution < 1.29 is 13.2 Å². The van der Waals surface area contributed by atoms with Crippen LogP contribution in [0.15, 0.2) is 12.1 Å². The van der Waals surface area contributed by atoms with Crippen molar-refractivity contribution in [1.82, 2.24) is 0 Å². The molecule has 0 fully saturated rings. The predicted octanol–water partition coefficient (Wildman–Crippen LogP) is 3.20. The van der Waals surface area contributed by atoms with Crippen LogP contribution in [-0.2, 0) is 5.67 Å². The van der Waals surface area contributed by atoms with Crippen molar-refractivity contribution in [2.75, 3.05) is 6.54 Å². The molecule has 0 saturated heterocycles. The molecule has 0 aliphatic carbocycles. The Morgan fingerprint density at radius 2 is 1.94 bits per heavy atom. The van der Waals surface area contributed by atoms with Crippen molar-refractivity contribution in [3.63, 3.8) is 0 Å². The molecule has 2 N–H and O–H groups in total. The van der Waals surface area contributed by atoms with Crippen molar-refractivity contribution in [1.29, 1.82) is 0 Å². The Morgan fingerprint density at radius 3 is 2.44 bits per heavy atom. The van der Waals surface area contributed by atoms with Crippen molar-refractivity contribution >= 4 is 0 Å². The van der Waals surface area contributed by atoms with Crippen LogP contribution in [0.3, 0.4) is 0 Å². The molecule has 1 unspecified atom stereocenters. The molecular weight excluding hydrogens is 215 g/mol. The zero-order valence-electron chi connectivity index (χ0n) is 9.49. The fourth-order valence-corrected chi connectivity index (χ4v) is 1.79. The number of hydrogen-bond acceptors (Lipinski definition) is 1. The Hall–Kier alpha value is -1.03. The van der Waals surface area contributed by atoms with Gasteiger partial charge in [-0.1, -0.05) is 19.4 Å². The Morgan fingerprint density at radius 1 is 1.31 bits per heavy atom. The van der Waals surface area contributed by atoms with Gasteiger partial charge in [-0.15, -0.1) is 0 Å². The van der Waals surface area contributed by atoms with Crippen LogP contribution in [0.5, 0.6) is 0 Å². The summed E-state index contributed by atoms with van der Waals surface area (Å²) in [5, 5.41) is 0. The molecule has 1 aromatic carbocycles. The predicted molar refractivity (Wildman–Crippen MR) is 57.8 cm³/mol. The molecule has 90 valence electrons. The maximum absolute atomic E-state index is 14.4. The average molecular weight is 231 g/mol. The number of aryl methyl sites for hydroxylation is 1. The molecular formula is C12H16F3N. The lowest BCUT2D eigenvalue weighted by Crippen LogP contribution is -2.32. The topological polar surface area (TPSA) is 26.0 Å². The SMILES string of the molecule is CCCC(F)(CN)c1c(F)ccc(C)c1F. The Balaban J connectivity index is 3.34. The van der Waals surface area contributed by atoms with Gasteiger partial charge in [-0.25, -0.2) is 13.2 Å². The molecule has 0 saturated carbocycles. The summed E-state index contributed by atoms with van der Waals surface area (Å²) in [6.07, 6.45) is 0.487. The lowest BCUT2D eigenvalue weighted by atomic mass is 9.89. The van der Waals surface area contributed by atoms with E-state index in [4.69, 9.17) is 5.73 Å². The smallest absolute Gasteiger partial charge is 0.153 e. The van der Waals surface area contributed by atoms with E-state index in [1.807, 2.05) is 0 Å². The second-order valence-electron chi connectivity index (χ2n) is 3.97. The van der Waals surface area contributed by atoms with Crippen molar-refractivity contribution in [2.45, 2.75) is 32.4 Å². The number of hydrogen-bond donors (Lipinski definition) is 1. The van der Waals surface area contributed by atoms with E-state index >= 15 is 0 Å². The van der Waals surface area contributed by atoms with E-state index in [2.05, 4.69) is 0 Å². The third kappa shape index (κ3) is 2.21. The minimum atomic E-state index is -2.12. The number of alkyl halides is 1. The third-order valence-corrected chi connectivity index (χ3v) is 2.70. The van der Waals surface area contributed by atoms with E-state index in [9.17, 15) is 13.2 Å². The quantitative estimate of drug-likeness (QED) is 0.846. The van der Waals surface area contributed by atoms with Crippen LogP contribution in [-0.4, -0.2) is 6.54 Å². The summed E-state index contributed by atoms with van der Waals surface area (Å²) in [4.78, 5) is 0. The van der Waals surface area contributed by atoms with Gasteiger partial charge >= 0.3 is 0 Å². The minimum Gasteiger partial charge on any atom is -0.327 e. The molecule has 1 atom stereocenters. The fraction of sp³-hybridized carbons (Fsp3) is 0.500. The Kier molecular flexibility index (Phi) is 3.97. The number of benzene rings is 1. The van der Waals surface area contributed by atoms with Crippen LogP contribution >= 0.6 is 0 Å². The highest BCUT2D eigenvalue weighted by Crippen LogP contribution is 2.34.